The predicted molar refractivity (Wildman–Crippen MR) is 115 cm³/mol. The molecule has 0 spiro atoms. The first-order valence-electron chi connectivity index (χ1n) is 10.2. The number of piperazine rings is 1. The average molecular weight is 384 g/mol. The molecule has 5 rings (SSSR count). The summed E-state index contributed by atoms with van der Waals surface area (Å²) < 4.78 is 2.14. The Hall–Kier alpha value is -3.18. The van der Waals surface area contributed by atoms with Gasteiger partial charge in [-0.2, -0.15) is 0 Å². The molecule has 1 aliphatic heterocycles. The number of nitrogens with zero attached hydrogens (tertiary/aromatic N) is 4. The van der Waals surface area contributed by atoms with Crippen molar-refractivity contribution in [3.8, 4) is 0 Å². The molecule has 1 fully saturated rings. The standard InChI is InChI=1S/C24H24N4O/c29-24(16-20-8-5-7-19-6-1-2-9-22(19)20)27-14-12-26(13-15-27)18-21-17-25-23-10-3-4-11-28(21)23/h1-11,17H,12-16,18H2. The number of hydrogen-bond donors (Lipinski definition) is 0. The number of rotatable bonds is 4. The second kappa shape index (κ2) is 7.68. The number of benzene rings is 2. The third kappa shape index (κ3) is 3.61. The molecular weight excluding hydrogens is 360 g/mol. The number of aromatic nitrogens is 2. The van der Waals surface area contributed by atoms with Crippen LogP contribution in [0.15, 0.2) is 73.1 Å². The van der Waals surface area contributed by atoms with Gasteiger partial charge in [0.05, 0.1) is 18.3 Å². The lowest BCUT2D eigenvalue weighted by atomic mass is 10.0. The Morgan fingerprint density at radius 1 is 0.897 bits per heavy atom. The summed E-state index contributed by atoms with van der Waals surface area (Å²) in [4.78, 5) is 21.8. The highest BCUT2D eigenvalue weighted by Crippen LogP contribution is 2.20. The summed E-state index contributed by atoms with van der Waals surface area (Å²) in [7, 11) is 0. The molecule has 0 unspecified atom stereocenters. The third-order valence-electron chi connectivity index (χ3n) is 5.83. The summed E-state index contributed by atoms with van der Waals surface area (Å²) in [6, 6.07) is 20.5. The average Bonchev–Trinajstić information content (AvgIpc) is 3.17. The van der Waals surface area contributed by atoms with Crippen molar-refractivity contribution >= 4 is 22.3 Å². The van der Waals surface area contributed by atoms with Gasteiger partial charge in [-0.3, -0.25) is 9.69 Å². The van der Waals surface area contributed by atoms with Gasteiger partial charge in [-0.25, -0.2) is 4.98 Å². The van der Waals surface area contributed by atoms with E-state index < -0.39 is 0 Å². The van der Waals surface area contributed by atoms with Gasteiger partial charge in [0.2, 0.25) is 5.91 Å². The van der Waals surface area contributed by atoms with Crippen LogP contribution < -0.4 is 0 Å². The minimum absolute atomic E-state index is 0.218. The first-order valence-corrected chi connectivity index (χ1v) is 10.2. The molecule has 2 aromatic heterocycles. The summed E-state index contributed by atoms with van der Waals surface area (Å²) in [6.07, 6.45) is 4.48. The van der Waals surface area contributed by atoms with E-state index in [2.05, 4.69) is 44.7 Å². The van der Waals surface area contributed by atoms with Crippen LogP contribution >= 0.6 is 0 Å². The number of hydrogen-bond acceptors (Lipinski definition) is 3. The number of carbonyl (C=O) groups excluding carboxylic acids is 1. The van der Waals surface area contributed by atoms with E-state index in [4.69, 9.17) is 0 Å². The molecule has 3 heterocycles. The minimum Gasteiger partial charge on any atom is -0.340 e. The van der Waals surface area contributed by atoms with E-state index in [0.29, 0.717) is 6.42 Å². The van der Waals surface area contributed by atoms with Gasteiger partial charge < -0.3 is 9.30 Å². The van der Waals surface area contributed by atoms with Crippen LogP contribution in [0.3, 0.4) is 0 Å². The summed E-state index contributed by atoms with van der Waals surface area (Å²) in [6.45, 7) is 4.19. The molecule has 0 saturated carbocycles. The van der Waals surface area contributed by atoms with Gasteiger partial charge in [0.25, 0.3) is 0 Å². The molecule has 4 aromatic rings. The normalized spacial score (nSPS) is 15.2. The molecule has 29 heavy (non-hydrogen) atoms. The van der Waals surface area contributed by atoms with Crippen molar-refractivity contribution in [1.82, 2.24) is 19.2 Å². The maximum Gasteiger partial charge on any atom is 0.227 e. The Balaban J connectivity index is 1.22. The first kappa shape index (κ1) is 17.9. The van der Waals surface area contributed by atoms with E-state index >= 15 is 0 Å². The van der Waals surface area contributed by atoms with Crippen LogP contribution in [0.1, 0.15) is 11.3 Å². The molecule has 146 valence electrons. The minimum atomic E-state index is 0.218. The molecule has 1 amide bonds. The van der Waals surface area contributed by atoms with Gasteiger partial charge in [0.15, 0.2) is 0 Å². The molecule has 0 radical (unpaired) electrons. The van der Waals surface area contributed by atoms with Gasteiger partial charge in [-0.1, -0.05) is 48.5 Å². The Morgan fingerprint density at radius 3 is 2.59 bits per heavy atom. The SMILES string of the molecule is O=C(Cc1cccc2ccccc12)N1CCN(Cc2cnc3ccccn23)CC1. The lowest BCUT2D eigenvalue weighted by Crippen LogP contribution is -2.48. The van der Waals surface area contributed by atoms with E-state index in [9.17, 15) is 4.79 Å². The second-order valence-electron chi connectivity index (χ2n) is 7.65. The summed E-state index contributed by atoms with van der Waals surface area (Å²) in [5.41, 5.74) is 3.28. The smallest absolute Gasteiger partial charge is 0.227 e. The Labute approximate surface area is 170 Å². The van der Waals surface area contributed by atoms with Gasteiger partial charge >= 0.3 is 0 Å². The highest BCUT2D eigenvalue weighted by molar-refractivity contribution is 5.90. The Bertz CT molecular complexity index is 1150. The molecule has 1 aliphatic rings. The van der Waals surface area contributed by atoms with Crippen LogP contribution in [0.4, 0.5) is 0 Å². The van der Waals surface area contributed by atoms with Crippen LogP contribution in [0.25, 0.3) is 16.4 Å². The largest absolute Gasteiger partial charge is 0.340 e. The van der Waals surface area contributed by atoms with Gasteiger partial charge in [-0.15, -0.1) is 0 Å². The second-order valence-corrected chi connectivity index (χ2v) is 7.65. The van der Waals surface area contributed by atoms with Crippen molar-refractivity contribution in [1.29, 1.82) is 0 Å². The lowest BCUT2D eigenvalue weighted by molar-refractivity contribution is -0.132. The van der Waals surface area contributed by atoms with Crippen LogP contribution in [-0.4, -0.2) is 51.3 Å². The van der Waals surface area contributed by atoms with Crippen molar-refractivity contribution in [3.63, 3.8) is 0 Å². The predicted octanol–water partition coefficient (Wildman–Crippen LogP) is 3.37. The summed E-state index contributed by atoms with van der Waals surface area (Å²) in [5, 5.41) is 2.37. The van der Waals surface area contributed by atoms with Crippen LogP contribution in [0.5, 0.6) is 0 Å². The number of amides is 1. The fourth-order valence-corrected chi connectivity index (χ4v) is 4.21. The zero-order valence-corrected chi connectivity index (χ0v) is 16.4. The molecule has 5 nitrogen and oxygen atoms in total. The number of carbonyl (C=O) groups is 1. The molecule has 1 saturated heterocycles. The first-order chi connectivity index (χ1) is 14.3. The molecular formula is C24H24N4O. The maximum atomic E-state index is 12.9. The molecule has 0 N–H and O–H groups in total. The quantitative estimate of drug-likeness (QED) is 0.542. The summed E-state index contributed by atoms with van der Waals surface area (Å²) in [5.74, 6) is 0.218. The fraction of sp³-hybridized carbons (Fsp3) is 0.250. The molecule has 0 atom stereocenters. The van der Waals surface area contributed by atoms with Crippen LogP contribution in [0, 0.1) is 0 Å². The van der Waals surface area contributed by atoms with Crippen LogP contribution in [-0.2, 0) is 17.8 Å². The molecule has 0 aliphatic carbocycles. The third-order valence-corrected chi connectivity index (χ3v) is 5.83. The molecule has 5 heteroatoms. The highest BCUT2D eigenvalue weighted by atomic mass is 16.2. The molecule has 0 bridgehead atoms. The van der Waals surface area contributed by atoms with E-state index in [1.807, 2.05) is 47.5 Å². The van der Waals surface area contributed by atoms with Crippen LogP contribution in [0.2, 0.25) is 0 Å². The Kier molecular flexibility index (Phi) is 4.74. The summed E-state index contributed by atoms with van der Waals surface area (Å²) >= 11 is 0. The topological polar surface area (TPSA) is 40.9 Å². The Morgan fingerprint density at radius 2 is 1.69 bits per heavy atom. The number of fused-ring (bicyclic) bond motifs is 2. The monoisotopic (exact) mass is 384 g/mol. The highest BCUT2D eigenvalue weighted by Gasteiger charge is 2.22. The van der Waals surface area contributed by atoms with E-state index in [1.165, 1.54) is 16.5 Å². The van der Waals surface area contributed by atoms with Crippen molar-refractivity contribution in [2.45, 2.75) is 13.0 Å². The fourth-order valence-electron chi connectivity index (χ4n) is 4.21. The van der Waals surface area contributed by atoms with Crippen molar-refractivity contribution < 1.29 is 4.79 Å². The van der Waals surface area contributed by atoms with E-state index in [-0.39, 0.29) is 5.91 Å². The van der Waals surface area contributed by atoms with Crippen molar-refractivity contribution in [2.24, 2.45) is 0 Å². The molecule has 2 aromatic carbocycles. The van der Waals surface area contributed by atoms with Crippen molar-refractivity contribution in [3.05, 3.63) is 84.3 Å². The van der Waals surface area contributed by atoms with Gasteiger partial charge in [0.1, 0.15) is 5.65 Å². The lowest BCUT2D eigenvalue weighted by Gasteiger charge is -2.34. The van der Waals surface area contributed by atoms with Gasteiger partial charge in [0, 0.05) is 38.9 Å². The zero-order valence-electron chi connectivity index (χ0n) is 16.4. The van der Waals surface area contributed by atoms with E-state index in [0.717, 1.165) is 43.9 Å². The zero-order chi connectivity index (χ0) is 19.6. The van der Waals surface area contributed by atoms with E-state index in [1.54, 1.807) is 0 Å². The van der Waals surface area contributed by atoms with Crippen molar-refractivity contribution in [2.75, 3.05) is 26.2 Å². The number of imidazole rings is 1. The number of pyridine rings is 1. The van der Waals surface area contributed by atoms with Gasteiger partial charge in [-0.05, 0) is 28.5 Å². The maximum absolute atomic E-state index is 12.9.